The van der Waals surface area contributed by atoms with Crippen LogP contribution in [-0.2, 0) is 0 Å². The molecule has 0 spiro atoms. The van der Waals surface area contributed by atoms with Crippen LogP contribution in [0.1, 0.15) is 42.9 Å². The maximum Gasteiger partial charge on any atom is 0.128 e. The van der Waals surface area contributed by atoms with Gasteiger partial charge in [-0.25, -0.2) is 4.39 Å². The number of rotatable bonds is 3. The molecule has 1 aromatic carbocycles. The van der Waals surface area contributed by atoms with Crippen LogP contribution in [-0.4, -0.2) is 24.0 Å². The van der Waals surface area contributed by atoms with Crippen LogP contribution < -0.4 is 5.73 Å². The van der Waals surface area contributed by atoms with E-state index in [0.717, 1.165) is 24.1 Å². The van der Waals surface area contributed by atoms with E-state index in [1.165, 1.54) is 19.3 Å². The molecule has 104 valence electrons. The summed E-state index contributed by atoms with van der Waals surface area (Å²) in [7, 11) is 0. The first-order valence-corrected chi connectivity index (χ1v) is 7.42. The van der Waals surface area contributed by atoms with E-state index in [0.29, 0.717) is 18.5 Å². The van der Waals surface area contributed by atoms with E-state index in [1.54, 1.807) is 6.07 Å². The minimum Gasteiger partial charge on any atom is -0.330 e. The van der Waals surface area contributed by atoms with Gasteiger partial charge in [0, 0.05) is 17.6 Å². The number of halogens is 1. The van der Waals surface area contributed by atoms with E-state index in [-0.39, 0.29) is 11.9 Å². The van der Waals surface area contributed by atoms with Gasteiger partial charge in [-0.3, -0.25) is 4.90 Å². The molecule has 1 aliphatic carbocycles. The third kappa shape index (κ3) is 2.54. The van der Waals surface area contributed by atoms with Crippen LogP contribution in [0.5, 0.6) is 0 Å². The Morgan fingerprint density at radius 2 is 2.11 bits per heavy atom. The molecular weight excluding hydrogens is 239 g/mol. The van der Waals surface area contributed by atoms with E-state index in [1.807, 2.05) is 19.1 Å². The predicted octanol–water partition coefficient (Wildman–Crippen LogP) is 3.01. The Morgan fingerprint density at radius 3 is 2.79 bits per heavy atom. The van der Waals surface area contributed by atoms with Gasteiger partial charge >= 0.3 is 0 Å². The van der Waals surface area contributed by atoms with Crippen LogP contribution >= 0.6 is 0 Å². The molecule has 2 unspecified atom stereocenters. The molecule has 2 nitrogen and oxygen atoms in total. The maximum atomic E-state index is 14.3. The second kappa shape index (κ2) is 5.22. The Balaban J connectivity index is 1.97. The zero-order chi connectivity index (χ0) is 13.4. The standard InChI is InChI=1S/C16H23FN2/c1-11-4-7-15(17)14(9-11)16-12(10-18)3-2-8-19(16)13-5-6-13/h4,7,9,12-13,16H,2-3,5-6,8,10,18H2,1H3. The monoisotopic (exact) mass is 262 g/mol. The van der Waals surface area contributed by atoms with Crippen molar-refractivity contribution in [2.24, 2.45) is 11.7 Å². The lowest BCUT2D eigenvalue weighted by Gasteiger charge is -2.42. The number of piperidine rings is 1. The first-order chi connectivity index (χ1) is 9.20. The van der Waals surface area contributed by atoms with Crippen molar-refractivity contribution in [3.8, 4) is 0 Å². The molecule has 19 heavy (non-hydrogen) atoms. The average Bonchev–Trinajstić information content (AvgIpc) is 3.25. The minimum absolute atomic E-state index is 0.0680. The third-order valence-electron chi connectivity index (χ3n) is 4.58. The van der Waals surface area contributed by atoms with Crippen molar-refractivity contribution in [3.05, 3.63) is 35.1 Å². The van der Waals surface area contributed by atoms with E-state index in [4.69, 9.17) is 5.73 Å². The highest BCUT2D eigenvalue weighted by Crippen LogP contribution is 2.43. The van der Waals surface area contributed by atoms with Gasteiger partial charge in [-0.1, -0.05) is 17.7 Å². The molecule has 0 bridgehead atoms. The Kier molecular flexibility index (Phi) is 3.59. The minimum atomic E-state index is -0.0680. The number of likely N-dealkylation sites (tertiary alicyclic amines) is 1. The van der Waals surface area contributed by atoms with E-state index < -0.39 is 0 Å². The fourth-order valence-corrected chi connectivity index (χ4v) is 3.49. The lowest BCUT2D eigenvalue weighted by atomic mass is 9.84. The topological polar surface area (TPSA) is 29.3 Å². The maximum absolute atomic E-state index is 14.3. The van der Waals surface area contributed by atoms with Crippen LogP contribution in [0.2, 0.25) is 0 Å². The zero-order valence-electron chi connectivity index (χ0n) is 11.6. The van der Waals surface area contributed by atoms with Crippen molar-refractivity contribution >= 4 is 0 Å². The summed E-state index contributed by atoms with van der Waals surface area (Å²) in [6, 6.07) is 6.33. The van der Waals surface area contributed by atoms with Crippen molar-refractivity contribution < 1.29 is 4.39 Å². The van der Waals surface area contributed by atoms with Gasteiger partial charge in [0.1, 0.15) is 5.82 Å². The normalized spacial score (nSPS) is 28.6. The van der Waals surface area contributed by atoms with Gasteiger partial charge in [0.15, 0.2) is 0 Å². The highest BCUT2D eigenvalue weighted by atomic mass is 19.1. The molecule has 1 saturated heterocycles. The highest BCUT2D eigenvalue weighted by Gasteiger charge is 2.40. The van der Waals surface area contributed by atoms with Gasteiger partial charge in [0.05, 0.1) is 0 Å². The number of nitrogens with zero attached hydrogens (tertiary/aromatic N) is 1. The molecule has 2 atom stereocenters. The van der Waals surface area contributed by atoms with Gasteiger partial charge < -0.3 is 5.73 Å². The van der Waals surface area contributed by atoms with Crippen molar-refractivity contribution in [1.82, 2.24) is 4.90 Å². The fraction of sp³-hybridized carbons (Fsp3) is 0.625. The Morgan fingerprint density at radius 1 is 1.32 bits per heavy atom. The SMILES string of the molecule is Cc1ccc(F)c(C2C(CN)CCCN2C2CC2)c1. The average molecular weight is 262 g/mol. The molecule has 2 aliphatic rings. The van der Waals surface area contributed by atoms with Crippen molar-refractivity contribution in [2.75, 3.05) is 13.1 Å². The van der Waals surface area contributed by atoms with Crippen molar-refractivity contribution in [2.45, 2.75) is 44.7 Å². The molecule has 1 aliphatic heterocycles. The number of benzene rings is 1. The lowest BCUT2D eigenvalue weighted by molar-refractivity contribution is 0.0853. The molecule has 0 amide bonds. The van der Waals surface area contributed by atoms with Crippen LogP contribution in [0, 0.1) is 18.7 Å². The van der Waals surface area contributed by atoms with E-state index in [9.17, 15) is 4.39 Å². The summed E-state index contributed by atoms with van der Waals surface area (Å²) >= 11 is 0. The number of hydrogen-bond acceptors (Lipinski definition) is 2. The largest absolute Gasteiger partial charge is 0.330 e. The van der Waals surface area contributed by atoms with Crippen LogP contribution in [0.3, 0.4) is 0 Å². The molecule has 0 aromatic heterocycles. The van der Waals surface area contributed by atoms with Crippen LogP contribution in [0.25, 0.3) is 0 Å². The number of aryl methyl sites for hydroxylation is 1. The molecular formula is C16H23FN2. The molecule has 3 rings (SSSR count). The molecule has 1 heterocycles. The van der Waals surface area contributed by atoms with Crippen molar-refractivity contribution in [3.63, 3.8) is 0 Å². The summed E-state index contributed by atoms with van der Waals surface area (Å²) in [6.45, 7) is 3.78. The predicted molar refractivity (Wildman–Crippen MR) is 75.4 cm³/mol. The van der Waals surface area contributed by atoms with Gasteiger partial charge in [-0.2, -0.15) is 0 Å². The Labute approximate surface area is 114 Å². The van der Waals surface area contributed by atoms with Crippen LogP contribution in [0.15, 0.2) is 18.2 Å². The first kappa shape index (κ1) is 13.1. The second-order valence-corrected chi connectivity index (χ2v) is 6.08. The van der Waals surface area contributed by atoms with Crippen LogP contribution in [0.4, 0.5) is 4.39 Å². The zero-order valence-corrected chi connectivity index (χ0v) is 11.6. The number of hydrogen-bond donors (Lipinski definition) is 1. The smallest absolute Gasteiger partial charge is 0.128 e. The van der Waals surface area contributed by atoms with E-state index in [2.05, 4.69) is 4.90 Å². The van der Waals surface area contributed by atoms with E-state index >= 15 is 0 Å². The molecule has 0 radical (unpaired) electrons. The molecule has 2 N–H and O–H groups in total. The Bertz CT molecular complexity index is 456. The van der Waals surface area contributed by atoms with Gasteiger partial charge in [0.2, 0.25) is 0 Å². The lowest BCUT2D eigenvalue weighted by Crippen LogP contribution is -2.43. The third-order valence-corrected chi connectivity index (χ3v) is 4.58. The summed E-state index contributed by atoms with van der Waals surface area (Å²) in [5.74, 6) is 0.326. The number of nitrogens with two attached hydrogens (primary N) is 1. The molecule has 3 heteroatoms. The molecule has 1 saturated carbocycles. The molecule has 1 aromatic rings. The van der Waals surface area contributed by atoms with Crippen molar-refractivity contribution in [1.29, 1.82) is 0 Å². The summed E-state index contributed by atoms with van der Waals surface area (Å²) < 4.78 is 14.3. The van der Waals surface area contributed by atoms with Gasteiger partial charge in [-0.05, 0) is 57.7 Å². The fourth-order valence-electron chi connectivity index (χ4n) is 3.49. The summed E-state index contributed by atoms with van der Waals surface area (Å²) in [5.41, 5.74) is 7.95. The quantitative estimate of drug-likeness (QED) is 0.907. The first-order valence-electron chi connectivity index (χ1n) is 7.42. The highest BCUT2D eigenvalue weighted by molar-refractivity contribution is 5.28. The molecule has 2 fully saturated rings. The summed E-state index contributed by atoms with van der Waals surface area (Å²) in [4.78, 5) is 2.51. The second-order valence-electron chi connectivity index (χ2n) is 6.08. The van der Waals surface area contributed by atoms with Gasteiger partial charge in [-0.15, -0.1) is 0 Å². The van der Waals surface area contributed by atoms with Gasteiger partial charge in [0.25, 0.3) is 0 Å². The summed E-state index contributed by atoms with van der Waals surface area (Å²) in [5, 5.41) is 0. The Hall–Kier alpha value is -0.930. The summed E-state index contributed by atoms with van der Waals surface area (Å²) in [6.07, 6.45) is 4.85.